The van der Waals surface area contributed by atoms with E-state index in [1.807, 2.05) is 58.0 Å². The second-order valence-corrected chi connectivity index (χ2v) is 8.65. The molecule has 1 unspecified atom stereocenters. The van der Waals surface area contributed by atoms with Gasteiger partial charge < -0.3 is 10.1 Å². The summed E-state index contributed by atoms with van der Waals surface area (Å²) in [5.74, 6) is 0.327. The van der Waals surface area contributed by atoms with Crippen LogP contribution in [0.1, 0.15) is 65.4 Å². The second-order valence-electron chi connectivity index (χ2n) is 8.65. The number of ether oxygens (including phenoxy) is 1. The summed E-state index contributed by atoms with van der Waals surface area (Å²) in [4.78, 5) is 30.4. The van der Waals surface area contributed by atoms with E-state index >= 15 is 0 Å². The third kappa shape index (κ3) is 4.60. The second kappa shape index (κ2) is 8.93. The summed E-state index contributed by atoms with van der Waals surface area (Å²) in [5.41, 5.74) is 1.57. The number of hydrogen-bond acceptors (Lipinski definition) is 4. The maximum absolute atomic E-state index is 13.1. The Morgan fingerprint density at radius 2 is 1.86 bits per heavy atom. The lowest BCUT2D eigenvalue weighted by Gasteiger charge is -2.25. The number of hydrogen-bond donors (Lipinski definition) is 1. The number of carbonyl (C=O) groups is 2. The number of amidine groups is 1. The van der Waals surface area contributed by atoms with Crippen molar-refractivity contribution in [3.8, 4) is 0 Å². The molecule has 3 rings (SSSR count). The highest BCUT2D eigenvalue weighted by molar-refractivity contribution is 6.17. The first kappa shape index (κ1) is 21.3. The third-order valence-electron chi connectivity index (χ3n) is 6.37. The van der Waals surface area contributed by atoms with Gasteiger partial charge in [-0.05, 0) is 44.1 Å². The summed E-state index contributed by atoms with van der Waals surface area (Å²) >= 11 is 0. The van der Waals surface area contributed by atoms with E-state index in [1.54, 1.807) is 0 Å². The van der Waals surface area contributed by atoms with E-state index < -0.39 is 5.54 Å². The zero-order valence-corrected chi connectivity index (χ0v) is 18.0. The highest BCUT2D eigenvalue weighted by Crippen LogP contribution is 2.34. The highest BCUT2D eigenvalue weighted by Gasteiger charge is 2.43. The maximum Gasteiger partial charge on any atom is 0.335 e. The van der Waals surface area contributed by atoms with Gasteiger partial charge >= 0.3 is 5.97 Å². The third-order valence-corrected chi connectivity index (χ3v) is 6.37. The molecule has 1 aromatic carbocycles. The van der Waals surface area contributed by atoms with Gasteiger partial charge in [-0.3, -0.25) is 9.79 Å². The lowest BCUT2D eigenvalue weighted by Crippen LogP contribution is -2.41. The molecule has 1 aliphatic heterocycles. The Bertz CT molecular complexity index is 820. The summed E-state index contributed by atoms with van der Waals surface area (Å²) < 4.78 is 5.69. The number of aliphatic imine (C=N–C) groups is 1. The molecule has 156 valence electrons. The Balaban J connectivity index is 1.90. The molecule has 1 amide bonds. The van der Waals surface area contributed by atoms with Crippen LogP contribution >= 0.6 is 0 Å². The number of benzene rings is 1. The molecule has 0 saturated heterocycles. The van der Waals surface area contributed by atoms with Gasteiger partial charge in [0.05, 0.1) is 0 Å². The monoisotopic (exact) mass is 396 g/mol. The van der Waals surface area contributed by atoms with Crippen molar-refractivity contribution in [1.82, 2.24) is 5.32 Å². The molecule has 1 heterocycles. The molecule has 1 atom stereocenters. The summed E-state index contributed by atoms with van der Waals surface area (Å²) in [6.45, 7) is 7.95. The van der Waals surface area contributed by atoms with Crippen LogP contribution < -0.4 is 5.32 Å². The van der Waals surface area contributed by atoms with Crippen LogP contribution in [0.2, 0.25) is 0 Å². The fourth-order valence-corrected chi connectivity index (χ4v) is 4.06. The van der Waals surface area contributed by atoms with Crippen LogP contribution in [-0.4, -0.2) is 23.3 Å². The van der Waals surface area contributed by atoms with Crippen LogP contribution in [0.25, 0.3) is 0 Å². The fourth-order valence-electron chi connectivity index (χ4n) is 4.06. The van der Waals surface area contributed by atoms with Crippen LogP contribution in [-0.2, 0) is 20.9 Å². The van der Waals surface area contributed by atoms with Gasteiger partial charge in [-0.15, -0.1) is 0 Å². The first-order chi connectivity index (χ1) is 13.8. The van der Waals surface area contributed by atoms with Crippen LogP contribution in [0.5, 0.6) is 0 Å². The van der Waals surface area contributed by atoms with Gasteiger partial charge in [0.2, 0.25) is 0 Å². The zero-order valence-electron chi connectivity index (χ0n) is 18.0. The van der Waals surface area contributed by atoms with Gasteiger partial charge in [-0.25, -0.2) is 4.79 Å². The summed E-state index contributed by atoms with van der Waals surface area (Å²) in [5, 5.41) is 2.92. The van der Waals surface area contributed by atoms with Crippen LogP contribution in [0, 0.1) is 11.8 Å². The van der Waals surface area contributed by atoms with Crippen LogP contribution in [0.4, 0.5) is 0 Å². The minimum atomic E-state index is -0.803. The van der Waals surface area contributed by atoms with Gasteiger partial charge in [0.15, 0.2) is 0 Å². The number of rotatable bonds is 6. The molecule has 0 bridgehead atoms. The van der Waals surface area contributed by atoms with E-state index in [2.05, 4.69) is 5.32 Å². The standard InChI is InChI=1S/C24H32N2O3/c1-16(2)24(4)23(28)25-21(26-24)17(3)20(19-13-9-6-10-14-19)22(27)29-15-18-11-7-5-8-12-18/h5,7-8,11-12,16,19H,6,9-10,13-15H2,1-4H3,(H,25,26,28)/b20-17+. The molecule has 29 heavy (non-hydrogen) atoms. The van der Waals surface area contributed by atoms with Crippen molar-refractivity contribution in [3.05, 3.63) is 47.0 Å². The van der Waals surface area contributed by atoms with Crippen molar-refractivity contribution in [2.75, 3.05) is 0 Å². The van der Waals surface area contributed by atoms with E-state index in [0.29, 0.717) is 11.4 Å². The van der Waals surface area contributed by atoms with Gasteiger partial charge in [0, 0.05) is 11.1 Å². The Hall–Kier alpha value is -2.43. The molecule has 1 N–H and O–H groups in total. The van der Waals surface area contributed by atoms with Crippen molar-refractivity contribution in [3.63, 3.8) is 0 Å². The molecule has 5 heteroatoms. The van der Waals surface area contributed by atoms with E-state index in [9.17, 15) is 9.59 Å². The number of nitrogens with zero attached hydrogens (tertiary/aromatic N) is 1. The summed E-state index contributed by atoms with van der Waals surface area (Å²) in [6, 6.07) is 9.69. The molecule has 1 aliphatic carbocycles. The average molecular weight is 397 g/mol. The predicted octanol–water partition coefficient (Wildman–Crippen LogP) is 4.57. The Labute approximate surface area is 173 Å². The number of esters is 1. The van der Waals surface area contributed by atoms with Crippen molar-refractivity contribution >= 4 is 17.7 Å². The number of nitrogens with one attached hydrogen (secondary N) is 1. The lowest BCUT2D eigenvalue weighted by atomic mass is 9.81. The average Bonchev–Trinajstić information content (AvgIpc) is 3.04. The minimum Gasteiger partial charge on any atom is -0.457 e. The molecular weight excluding hydrogens is 364 g/mol. The van der Waals surface area contributed by atoms with Crippen LogP contribution in [0.15, 0.2) is 46.5 Å². The van der Waals surface area contributed by atoms with E-state index in [0.717, 1.165) is 36.8 Å². The lowest BCUT2D eigenvalue weighted by molar-refractivity contribution is -0.141. The SMILES string of the molecule is C/C(C1=NC(C)(C(C)C)C(=O)N1)=C(\C(=O)OCc1ccccc1)C1CCCCC1. The molecule has 2 aliphatic rings. The molecule has 5 nitrogen and oxygen atoms in total. The molecule has 1 saturated carbocycles. The topological polar surface area (TPSA) is 67.8 Å². The van der Waals surface area contributed by atoms with Gasteiger partial charge in [0.25, 0.3) is 5.91 Å². The van der Waals surface area contributed by atoms with Crippen molar-refractivity contribution in [2.24, 2.45) is 16.8 Å². The van der Waals surface area contributed by atoms with Crippen LogP contribution in [0.3, 0.4) is 0 Å². The summed E-state index contributed by atoms with van der Waals surface area (Å²) in [6.07, 6.45) is 5.35. The van der Waals surface area contributed by atoms with Crippen molar-refractivity contribution in [1.29, 1.82) is 0 Å². The van der Waals surface area contributed by atoms with E-state index in [-0.39, 0.29) is 30.3 Å². The first-order valence-corrected chi connectivity index (χ1v) is 10.7. The van der Waals surface area contributed by atoms with Gasteiger partial charge in [0.1, 0.15) is 18.0 Å². The molecule has 1 fully saturated rings. The maximum atomic E-state index is 13.1. The van der Waals surface area contributed by atoms with E-state index in [1.165, 1.54) is 6.42 Å². The Kier molecular flexibility index (Phi) is 6.56. The smallest absolute Gasteiger partial charge is 0.335 e. The fraction of sp³-hybridized carbons (Fsp3) is 0.542. The molecule has 1 aromatic rings. The summed E-state index contributed by atoms with van der Waals surface area (Å²) in [7, 11) is 0. The number of carbonyl (C=O) groups excluding carboxylic acids is 2. The van der Waals surface area contributed by atoms with Gasteiger partial charge in [-0.2, -0.15) is 0 Å². The van der Waals surface area contributed by atoms with Gasteiger partial charge in [-0.1, -0.05) is 63.4 Å². The minimum absolute atomic E-state index is 0.0657. The quantitative estimate of drug-likeness (QED) is 0.566. The van der Waals surface area contributed by atoms with E-state index in [4.69, 9.17) is 9.73 Å². The Morgan fingerprint density at radius 3 is 2.45 bits per heavy atom. The first-order valence-electron chi connectivity index (χ1n) is 10.7. The Morgan fingerprint density at radius 1 is 1.21 bits per heavy atom. The largest absolute Gasteiger partial charge is 0.457 e. The predicted molar refractivity (Wildman–Crippen MR) is 114 cm³/mol. The van der Waals surface area contributed by atoms with Crippen molar-refractivity contribution in [2.45, 2.75) is 71.9 Å². The van der Waals surface area contributed by atoms with Crippen molar-refractivity contribution < 1.29 is 14.3 Å². The molecule has 0 radical (unpaired) electrons. The highest BCUT2D eigenvalue weighted by atomic mass is 16.5. The molecular formula is C24H32N2O3. The zero-order chi connectivity index (χ0) is 21.0. The number of amides is 1. The molecule has 0 spiro atoms. The normalized spacial score (nSPS) is 23.5. The molecule has 0 aromatic heterocycles.